The molecular weight excluding hydrogens is 433 g/mol. The molecule has 6 nitrogen and oxygen atoms in total. The predicted octanol–water partition coefficient (Wildman–Crippen LogP) is 4.94. The maximum Gasteiger partial charge on any atom is 0.165 e. The Morgan fingerprint density at radius 2 is 1.85 bits per heavy atom. The van der Waals surface area contributed by atoms with Gasteiger partial charge < -0.3 is 14.2 Å². The predicted molar refractivity (Wildman–Crippen MR) is 130 cm³/mol. The van der Waals surface area contributed by atoms with E-state index in [1.54, 1.807) is 31.5 Å². The molecule has 1 saturated heterocycles. The highest BCUT2D eigenvalue weighted by Gasteiger charge is 2.33. The summed E-state index contributed by atoms with van der Waals surface area (Å²) in [4.78, 5) is 2.45. The quantitative estimate of drug-likeness (QED) is 0.374. The SMILES string of the molecule is COC1(COc2ccccc2F)CCCN(Cc2ccc(OCCCn3cccn3)cc2)CC1. The Labute approximate surface area is 201 Å². The van der Waals surface area contributed by atoms with E-state index in [0.29, 0.717) is 13.2 Å². The topological polar surface area (TPSA) is 48.8 Å². The molecule has 34 heavy (non-hydrogen) atoms. The summed E-state index contributed by atoms with van der Waals surface area (Å²) in [5, 5.41) is 4.20. The van der Waals surface area contributed by atoms with Crippen molar-refractivity contribution in [2.75, 3.05) is 33.4 Å². The second-order valence-electron chi connectivity index (χ2n) is 8.85. The molecule has 0 N–H and O–H groups in total. The van der Waals surface area contributed by atoms with Gasteiger partial charge in [-0.3, -0.25) is 9.58 Å². The van der Waals surface area contributed by atoms with Gasteiger partial charge in [-0.25, -0.2) is 4.39 Å². The third kappa shape index (κ3) is 6.81. The Morgan fingerprint density at radius 3 is 2.62 bits per heavy atom. The van der Waals surface area contributed by atoms with Gasteiger partial charge >= 0.3 is 0 Å². The van der Waals surface area contributed by atoms with Crippen molar-refractivity contribution < 1.29 is 18.6 Å². The minimum atomic E-state index is -0.398. The van der Waals surface area contributed by atoms with E-state index >= 15 is 0 Å². The zero-order chi connectivity index (χ0) is 23.6. The monoisotopic (exact) mass is 467 g/mol. The fourth-order valence-corrected chi connectivity index (χ4v) is 4.36. The van der Waals surface area contributed by atoms with Crippen LogP contribution in [0.3, 0.4) is 0 Å². The number of hydrogen-bond acceptors (Lipinski definition) is 5. The summed E-state index contributed by atoms with van der Waals surface area (Å²) < 4.78 is 33.5. The molecule has 1 unspecified atom stereocenters. The highest BCUT2D eigenvalue weighted by Crippen LogP contribution is 2.29. The molecule has 0 saturated carbocycles. The van der Waals surface area contributed by atoms with Crippen molar-refractivity contribution in [2.24, 2.45) is 0 Å². The number of rotatable bonds is 11. The van der Waals surface area contributed by atoms with Crippen LogP contribution in [0.25, 0.3) is 0 Å². The summed E-state index contributed by atoms with van der Waals surface area (Å²) in [7, 11) is 1.73. The molecule has 7 heteroatoms. The van der Waals surface area contributed by atoms with E-state index in [1.807, 2.05) is 29.1 Å². The highest BCUT2D eigenvalue weighted by molar-refractivity contribution is 5.27. The van der Waals surface area contributed by atoms with Crippen LogP contribution in [-0.2, 0) is 17.8 Å². The second kappa shape index (κ2) is 12.0. The van der Waals surface area contributed by atoms with E-state index in [-0.39, 0.29) is 11.6 Å². The molecule has 1 fully saturated rings. The van der Waals surface area contributed by atoms with Crippen molar-refractivity contribution in [3.63, 3.8) is 0 Å². The molecule has 1 aliphatic heterocycles. The Bertz CT molecular complexity index is 997. The summed E-state index contributed by atoms with van der Waals surface area (Å²) in [5.74, 6) is 0.835. The molecule has 1 aliphatic rings. The number of hydrogen-bond donors (Lipinski definition) is 0. The first kappa shape index (κ1) is 24.2. The Balaban J connectivity index is 1.23. The van der Waals surface area contributed by atoms with Crippen LogP contribution < -0.4 is 9.47 Å². The van der Waals surface area contributed by atoms with Crippen LogP contribution in [-0.4, -0.2) is 53.7 Å². The lowest BCUT2D eigenvalue weighted by Gasteiger charge is -2.31. The maximum atomic E-state index is 13.9. The molecule has 2 heterocycles. The van der Waals surface area contributed by atoms with Gasteiger partial charge in [0.25, 0.3) is 0 Å². The number of benzene rings is 2. The molecule has 0 spiro atoms. The number of halogens is 1. The van der Waals surface area contributed by atoms with Crippen LogP contribution >= 0.6 is 0 Å². The van der Waals surface area contributed by atoms with E-state index in [2.05, 4.69) is 22.1 Å². The highest BCUT2D eigenvalue weighted by atomic mass is 19.1. The summed E-state index contributed by atoms with van der Waals surface area (Å²) in [6.07, 6.45) is 7.41. The molecule has 1 atom stereocenters. The fraction of sp³-hybridized carbons (Fsp3) is 0.444. The Hall–Kier alpha value is -2.90. The molecular formula is C27H34FN3O3. The molecule has 182 valence electrons. The zero-order valence-electron chi connectivity index (χ0n) is 19.9. The van der Waals surface area contributed by atoms with Gasteiger partial charge in [0.05, 0.1) is 6.61 Å². The van der Waals surface area contributed by atoms with Gasteiger partial charge in [-0.1, -0.05) is 24.3 Å². The van der Waals surface area contributed by atoms with Crippen molar-refractivity contribution in [3.05, 3.63) is 78.4 Å². The van der Waals surface area contributed by atoms with Gasteiger partial charge in [0, 0.05) is 45.6 Å². The van der Waals surface area contributed by atoms with Crippen LogP contribution in [0, 0.1) is 5.82 Å². The van der Waals surface area contributed by atoms with Gasteiger partial charge in [-0.2, -0.15) is 5.10 Å². The smallest absolute Gasteiger partial charge is 0.165 e. The first-order valence-corrected chi connectivity index (χ1v) is 12.0. The van der Waals surface area contributed by atoms with E-state index < -0.39 is 5.60 Å². The van der Waals surface area contributed by atoms with Crippen molar-refractivity contribution in [3.8, 4) is 11.5 Å². The van der Waals surface area contributed by atoms with Crippen molar-refractivity contribution in [2.45, 2.75) is 44.4 Å². The van der Waals surface area contributed by atoms with E-state index in [4.69, 9.17) is 14.2 Å². The number of methoxy groups -OCH3 is 1. The summed E-state index contributed by atoms with van der Waals surface area (Å²) in [5.41, 5.74) is 0.863. The van der Waals surface area contributed by atoms with Gasteiger partial charge in [0.2, 0.25) is 0 Å². The van der Waals surface area contributed by atoms with Crippen molar-refractivity contribution in [1.29, 1.82) is 0 Å². The first-order chi connectivity index (χ1) is 16.7. The van der Waals surface area contributed by atoms with Crippen LogP contribution in [0.5, 0.6) is 11.5 Å². The van der Waals surface area contributed by atoms with Gasteiger partial charge in [0.15, 0.2) is 11.6 Å². The van der Waals surface area contributed by atoms with Crippen molar-refractivity contribution in [1.82, 2.24) is 14.7 Å². The van der Waals surface area contributed by atoms with Gasteiger partial charge in [0.1, 0.15) is 18.0 Å². The minimum absolute atomic E-state index is 0.281. The lowest BCUT2D eigenvalue weighted by atomic mass is 9.95. The molecule has 0 radical (unpaired) electrons. The van der Waals surface area contributed by atoms with Gasteiger partial charge in [-0.15, -0.1) is 0 Å². The number of aromatic nitrogens is 2. The largest absolute Gasteiger partial charge is 0.494 e. The maximum absolute atomic E-state index is 13.9. The van der Waals surface area contributed by atoms with E-state index in [0.717, 1.165) is 57.6 Å². The molecule has 4 rings (SSSR count). The summed E-state index contributed by atoms with van der Waals surface area (Å²) in [6, 6.07) is 16.8. The number of aryl methyl sites for hydroxylation is 1. The minimum Gasteiger partial charge on any atom is -0.494 e. The van der Waals surface area contributed by atoms with Gasteiger partial charge in [-0.05, 0) is 61.7 Å². The summed E-state index contributed by atoms with van der Waals surface area (Å²) in [6.45, 7) is 4.66. The number of nitrogens with zero attached hydrogens (tertiary/aromatic N) is 3. The molecule has 0 aliphatic carbocycles. The average molecular weight is 468 g/mol. The van der Waals surface area contributed by atoms with E-state index in [1.165, 1.54) is 11.6 Å². The normalized spacial score (nSPS) is 19.0. The molecule has 0 amide bonds. The zero-order valence-corrected chi connectivity index (χ0v) is 19.9. The molecule has 3 aromatic rings. The lowest BCUT2D eigenvalue weighted by Crippen LogP contribution is -2.39. The molecule has 2 aromatic carbocycles. The Morgan fingerprint density at radius 1 is 1.00 bits per heavy atom. The number of likely N-dealkylation sites (tertiary alicyclic amines) is 1. The number of para-hydroxylation sites is 1. The lowest BCUT2D eigenvalue weighted by molar-refractivity contribution is -0.0548. The third-order valence-electron chi connectivity index (χ3n) is 6.44. The van der Waals surface area contributed by atoms with Crippen LogP contribution in [0.2, 0.25) is 0 Å². The van der Waals surface area contributed by atoms with Crippen molar-refractivity contribution >= 4 is 0 Å². The number of ether oxygens (including phenoxy) is 3. The van der Waals surface area contributed by atoms with Crippen LogP contribution in [0.4, 0.5) is 4.39 Å². The Kier molecular flexibility index (Phi) is 8.55. The fourth-order valence-electron chi connectivity index (χ4n) is 4.36. The average Bonchev–Trinajstić information content (AvgIpc) is 3.30. The third-order valence-corrected chi connectivity index (χ3v) is 6.44. The standard InChI is InChI=1S/C27H34FN3O3/c1-32-27(22-34-26-8-3-2-7-25(26)28)13-4-16-30(19-14-27)21-23-9-11-24(12-10-23)33-20-6-18-31-17-5-15-29-31/h2-3,5,7-12,15,17H,4,6,13-14,16,18-22H2,1H3. The van der Waals surface area contributed by atoms with Crippen LogP contribution in [0.15, 0.2) is 67.0 Å². The summed E-state index contributed by atoms with van der Waals surface area (Å²) >= 11 is 0. The second-order valence-corrected chi connectivity index (χ2v) is 8.85. The van der Waals surface area contributed by atoms with Crippen LogP contribution in [0.1, 0.15) is 31.2 Å². The first-order valence-electron chi connectivity index (χ1n) is 12.0. The molecule has 0 bridgehead atoms. The van der Waals surface area contributed by atoms with E-state index in [9.17, 15) is 4.39 Å². The molecule has 1 aromatic heterocycles.